The van der Waals surface area contributed by atoms with Gasteiger partial charge in [0.25, 0.3) is 0 Å². The molecular weight excluding hydrogens is 312 g/mol. The molecule has 1 rings (SSSR count). The van der Waals surface area contributed by atoms with E-state index in [1.165, 1.54) is 12.1 Å². The summed E-state index contributed by atoms with van der Waals surface area (Å²) >= 11 is 1.66. The van der Waals surface area contributed by atoms with Gasteiger partial charge in [0.15, 0.2) is 11.5 Å². The van der Waals surface area contributed by atoms with Crippen LogP contribution in [0, 0.1) is 0 Å². The lowest BCUT2D eigenvalue weighted by Gasteiger charge is -2.16. The van der Waals surface area contributed by atoms with Crippen LogP contribution < -0.4 is 9.47 Å². The molecule has 0 radical (unpaired) electrons. The van der Waals surface area contributed by atoms with Crippen LogP contribution in [0.4, 0.5) is 0 Å². The van der Waals surface area contributed by atoms with E-state index in [2.05, 4.69) is 50.0 Å². The summed E-state index contributed by atoms with van der Waals surface area (Å²) in [5, 5.41) is 4.12. The lowest BCUT2D eigenvalue weighted by atomic mass is 10.5. The first-order valence-electron chi connectivity index (χ1n) is 7.99. The number of hydrogen-bond acceptors (Lipinski definition) is 3. The van der Waals surface area contributed by atoms with E-state index in [-0.39, 0.29) is 0 Å². The zero-order valence-electron chi connectivity index (χ0n) is 14.6. The highest BCUT2D eigenvalue weighted by Gasteiger charge is 2.14. The van der Waals surface area contributed by atoms with Crippen LogP contribution in [-0.4, -0.2) is 29.4 Å². The summed E-state index contributed by atoms with van der Waals surface area (Å²) in [5.41, 5.74) is 0. The normalized spacial score (nSPS) is 12.5. The maximum absolute atomic E-state index is 5.89. The highest BCUT2D eigenvalue weighted by Crippen LogP contribution is 2.32. The summed E-state index contributed by atoms with van der Waals surface area (Å²) in [4.78, 5) is 0. The van der Waals surface area contributed by atoms with E-state index in [1.807, 2.05) is 0 Å². The van der Waals surface area contributed by atoms with Crippen molar-refractivity contribution in [2.24, 2.45) is 0 Å². The van der Waals surface area contributed by atoms with Gasteiger partial charge in [-0.15, -0.1) is 11.3 Å². The van der Waals surface area contributed by atoms with Crippen LogP contribution in [0.25, 0.3) is 0 Å². The summed E-state index contributed by atoms with van der Waals surface area (Å²) in [6.45, 7) is 16.1. The Kier molecular flexibility index (Phi) is 7.50. The highest BCUT2D eigenvalue weighted by atomic mass is 32.1. The second kappa shape index (κ2) is 8.39. The smallest absolute Gasteiger partial charge is 0.171 e. The van der Waals surface area contributed by atoms with Gasteiger partial charge in [-0.2, -0.15) is 0 Å². The fraction of sp³-hybridized carbons (Fsp3) is 0.750. The standard InChI is InChI=1S/C16H32O2SSi2/c1-20(2,3)11-7-9-17-15-13-19-14-16(15)18-10-8-12-21(4,5)6/h13-14H,7-12H2,1-6H3. The van der Waals surface area contributed by atoms with E-state index in [0.29, 0.717) is 0 Å². The Labute approximate surface area is 136 Å². The summed E-state index contributed by atoms with van der Waals surface area (Å²) in [6.07, 6.45) is 2.31. The fourth-order valence-corrected chi connectivity index (χ4v) is 5.15. The fourth-order valence-electron chi connectivity index (χ4n) is 2.05. The number of ether oxygens (including phenoxy) is 2. The molecule has 2 nitrogen and oxygen atoms in total. The van der Waals surface area contributed by atoms with Crippen molar-refractivity contribution in [1.82, 2.24) is 0 Å². The van der Waals surface area contributed by atoms with Gasteiger partial charge in [-0.25, -0.2) is 0 Å². The number of rotatable bonds is 10. The topological polar surface area (TPSA) is 18.5 Å². The lowest BCUT2D eigenvalue weighted by Crippen LogP contribution is -2.20. The Morgan fingerprint density at radius 2 is 1.14 bits per heavy atom. The lowest BCUT2D eigenvalue weighted by molar-refractivity contribution is 0.270. The van der Waals surface area contributed by atoms with Crippen molar-refractivity contribution in [1.29, 1.82) is 0 Å². The zero-order valence-corrected chi connectivity index (χ0v) is 17.4. The van der Waals surface area contributed by atoms with Crippen molar-refractivity contribution in [2.75, 3.05) is 13.2 Å². The molecule has 1 aromatic heterocycles. The van der Waals surface area contributed by atoms with Gasteiger partial charge in [-0.1, -0.05) is 51.4 Å². The third kappa shape index (κ3) is 9.37. The minimum atomic E-state index is -0.942. The quantitative estimate of drug-likeness (QED) is 0.385. The van der Waals surface area contributed by atoms with Crippen LogP contribution >= 0.6 is 11.3 Å². The molecule has 0 aromatic carbocycles. The number of thiophene rings is 1. The SMILES string of the molecule is C[Si](C)(C)CCCOc1cscc1OCCC[Si](C)(C)C. The molecule has 0 saturated carbocycles. The minimum Gasteiger partial charge on any atom is -0.489 e. The first kappa shape index (κ1) is 18.8. The Balaban J connectivity index is 2.26. The molecule has 1 aromatic rings. The summed E-state index contributed by atoms with van der Waals surface area (Å²) in [7, 11) is -1.88. The van der Waals surface area contributed by atoms with E-state index in [4.69, 9.17) is 9.47 Å². The molecule has 0 unspecified atom stereocenters. The molecule has 0 amide bonds. The van der Waals surface area contributed by atoms with E-state index < -0.39 is 16.1 Å². The second-order valence-electron chi connectivity index (χ2n) is 8.13. The maximum Gasteiger partial charge on any atom is 0.171 e. The van der Waals surface area contributed by atoms with Crippen molar-refractivity contribution < 1.29 is 9.47 Å². The molecule has 1 heterocycles. The Hall–Kier alpha value is -0.266. The minimum absolute atomic E-state index is 0.812. The third-order valence-electron chi connectivity index (χ3n) is 3.25. The Morgan fingerprint density at radius 1 is 0.762 bits per heavy atom. The maximum atomic E-state index is 5.89. The monoisotopic (exact) mass is 344 g/mol. The zero-order chi connectivity index (χ0) is 15.9. The molecular formula is C16H32O2SSi2. The molecule has 122 valence electrons. The molecule has 0 aliphatic heterocycles. The van der Waals surface area contributed by atoms with E-state index in [1.54, 1.807) is 11.3 Å². The average molecular weight is 345 g/mol. The predicted octanol–water partition coefficient (Wildman–Crippen LogP) is 5.96. The van der Waals surface area contributed by atoms with Crippen molar-refractivity contribution >= 4 is 27.5 Å². The summed E-state index contributed by atoms with van der Waals surface area (Å²) < 4.78 is 11.8. The first-order chi connectivity index (χ1) is 9.67. The largest absolute Gasteiger partial charge is 0.489 e. The first-order valence-corrected chi connectivity index (χ1v) is 16.3. The van der Waals surface area contributed by atoms with Crippen LogP contribution in [0.5, 0.6) is 11.5 Å². The molecule has 0 N–H and O–H groups in total. The molecule has 0 saturated heterocycles. The predicted molar refractivity (Wildman–Crippen MR) is 101 cm³/mol. The molecule has 0 bridgehead atoms. The van der Waals surface area contributed by atoms with Gasteiger partial charge < -0.3 is 9.47 Å². The van der Waals surface area contributed by atoms with E-state index >= 15 is 0 Å². The van der Waals surface area contributed by atoms with Crippen molar-refractivity contribution in [3.63, 3.8) is 0 Å². The molecule has 0 fully saturated rings. The van der Waals surface area contributed by atoms with E-state index in [0.717, 1.165) is 37.6 Å². The van der Waals surface area contributed by atoms with Crippen LogP contribution in [0.2, 0.25) is 51.4 Å². The molecule has 0 aliphatic rings. The van der Waals surface area contributed by atoms with E-state index in [9.17, 15) is 0 Å². The van der Waals surface area contributed by atoms with Crippen molar-refractivity contribution in [3.8, 4) is 11.5 Å². The van der Waals surface area contributed by atoms with Gasteiger partial charge in [0.1, 0.15) is 0 Å². The van der Waals surface area contributed by atoms with Crippen LogP contribution in [0.15, 0.2) is 10.8 Å². The van der Waals surface area contributed by atoms with Gasteiger partial charge in [0.05, 0.1) is 13.2 Å². The molecule has 0 aliphatic carbocycles. The van der Waals surface area contributed by atoms with Crippen LogP contribution in [0.3, 0.4) is 0 Å². The third-order valence-corrected chi connectivity index (χ3v) is 7.66. The average Bonchev–Trinajstić information content (AvgIpc) is 2.75. The Bertz CT molecular complexity index is 369. The molecule has 21 heavy (non-hydrogen) atoms. The van der Waals surface area contributed by atoms with Gasteiger partial charge in [-0.3, -0.25) is 0 Å². The summed E-state index contributed by atoms with van der Waals surface area (Å²) in [5.74, 6) is 1.87. The summed E-state index contributed by atoms with van der Waals surface area (Å²) in [6, 6.07) is 2.65. The van der Waals surface area contributed by atoms with Gasteiger partial charge in [0.2, 0.25) is 0 Å². The second-order valence-corrected chi connectivity index (χ2v) is 20.1. The van der Waals surface area contributed by atoms with Gasteiger partial charge in [0, 0.05) is 26.9 Å². The molecule has 0 spiro atoms. The number of hydrogen-bond donors (Lipinski definition) is 0. The van der Waals surface area contributed by atoms with Crippen molar-refractivity contribution in [3.05, 3.63) is 10.8 Å². The Morgan fingerprint density at radius 3 is 1.48 bits per heavy atom. The molecule has 5 heteroatoms. The van der Waals surface area contributed by atoms with Gasteiger partial charge >= 0.3 is 0 Å². The van der Waals surface area contributed by atoms with Crippen LogP contribution in [0.1, 0.15) is 12.8 Å². The van der Waals surface area contributed by atoms with Gasteiger partial charge in [-0.05, 0) is 12.8 Å². The molecule has 0 atom stereocenters. The highest BCUT2D eigenvalue weighted by molar-refractivity contribution is 7.08. The van der Waals surface area contributed by atoms with Crippen LogP contribution in [-0.2, 0) is 0 Å². The van der Waals surface area contributed by atoms with Crippen molar-refractivity contribution in [2.45, 2.75) is 64.2 Å².